The highest BCUT2D eigenvalue weighted by Gasteiger charge is 2.67. The molecule has 2 aliphatic heterocycles. The van der Waals surface area contributed by atoms with E-state index in [1.54, 1.807) is 6.92 Å². The van der Waals surface area contributed by atoms with E-state index in [2.05, 4.69) is 25.8 Å². The van der Waals surface area contributed by atoms with Gasteiger partial charge in [-0.1, -0.05) is 20.3 Å². The lowest BCUT2D eigenvalue weighted by atomic mass is 9.44. The third-order valence-electron chi connectivity index (χ3n) is 13.4. The second-order valence-corrected chi connectivity index (χ2v) is 15.2. The first-order valence-corrected chi connectivity index (χ1v) is 16.1. The largest absolute Gasteiger partial charge is 1.00 e. The van der Waals surface area contributed by atoms with Crippen LogP contribution in [-0.4, -0.2) is 78.0 Å². The molecule has 0 aromatic carbocycles. The zero-order valence-electron chi connectivity index (χ0n) is 24.7. The molecule has 2 heterocycles. The molecular formula is C32H55BrN2O3. The number of hydrogen-bond donors (Lipinski definition) is 1. The van der Waals surface area contributed by atoms with E-state index in [0.717, 1.165) is 22.7 Å². The summed E-state index contributed by atoms with van der Waals surface area (Å²) in [6.07, 6.45) is 16.4. The van der Waals surface area contributed by atoms with Crippen LogP contribution in [0.5, 0.6) is 0 Å². The highest BCUT2D eigenvalue weighted by Crippen LogP contribution is 2.67. The van der Waals surface area contributed by atoms with Crippen LogP contribution in [-0.2, 0) is 9.53 Å². The zero-order valence-corrected chi connectivity index (χ0v) is 26.3. The van der Waals surface area contributed by atoms with E-state index in [1.165, 1.54) is 103 Å². The molecule has 5 nitrogen and oxygen atoms in total. The van der Waals surface area contributed by atoms with Gasteiger partial charge in [0.25, 0.3) is 0 Å². The Balaban J connectivity index is 0.00000294. The number of quaternary nitrogens is 1. The maximum absolute atomic E-state index is 12.4. The van der Waals surface area contributed by atoms with Gasteiger partial charge in [0.2, 0.25) is 0 Å². The van der Waals surface area contributed by atoms with Crippen molar-refractivity contribution in [2.45, 2.75) is 129 Å². The average Bonchev–Trinajstić information content (AvgIpc) is 3.17. The van der Waals surface area contributed by atoms with Crippen LogP contribution >= 0.6 is 0 Å². The molecule has 6 fully saturated rings. The van der Waals surface area contributed by atoms with Gasteiger partial charge in [0.1, 0.15) is 6.04 Å². The van der Waals surface area contributed by atoms with Gasteiger partial charge in [-0.05, 0) is 113 Å². The molecule has 6 rings (SSSR count). The number of carbonyl (C=O) groups excluding carboxylic acids is 1. The van der Waals surface area contributed by atoms with Crippen LogP contribution in [0.4, 0.5) is 0 Å². The van der Waals surface area contributed by atoms with E-state index < -0.39 is 0 Å². The van der Waals surface area contributed by atoms with Crippen molar-refractivity contribution < 1.29 is 36.1 Å². The van der Waals surface area contributed by atoms with Gasteiger partial charge in [-0.25, -0.2) is 0 Å². The normalized spacial score (nSPS) is 48.7. The number of aliphatic hydroxyl groups is 1. The molecule has 0 aromatic heterocycles. The first-order chi connectivity index (χ1) is 17.7. The Kier molecular flexibility index (Phi) is 8.42. The SMILES string of the molecule is CC(=O)O[C@@H]1[C@@H]([N+]2(C)CCCCC2)C[C@H]2[C@@H]3CC[C@H]4C[C@H](O)[C@@H](N5CCCCC5)C[C@]4(C)[C@H]3CC[C@]12C.[Br-]. The molecule has 4 aliphatic carbocycles. The summed E-state index contributed by atoms with van der Waals surface area (Å²) >= 11 is 0. The molecule has 10 atom stereocenters. The van der Waals surface area contributed by atoms with Gasteiger partial charge in [0.15, 0.2) is 6.10 Å². The minimum atomic E-state index is -0.144. The minimum Gasteiger partial charge on any atom is -1.00 e. The number of aliphatic hydroxyl groups excluding tert-OH is 1. The molecular weight excluding hydrogens is 540 g/mol. The van der Waals surface area contributed by atoms with Crippen LogP contribution in [0.3, 0.4) is 0 Å². The summed E-state index contributed by atoms with van der Waals surface area (Å²) < 4.78 is 7.46. The van der Waals surface area contributed by atoms with Gasteiger partial charge in [-0.15, -0.1) is 0 Å². The summed E-state index contributed by atoms with van der Waals surface area (Å²) in [7, 11) is 2.47. The summed E-state index contributed by atoms with van der Waals surface area (Å²) in [6, 6.07) is 0.814. The van der Waals surface area contributed by atoms with Crippen molar-refractivity contribution in [2.24, 2.45) is 34.5 Å². The van der Waals surface area contributed by atoms with Gasteiger partial charge in [0, 0.05) is 24.8 Å². The molecule has 1 N–H and O–H groups in total. The topological polar surface area (TPSA) is 49.8 Å². The van der Waals surface area contributed by atoms with Gasteiger partial charge < -0.3 is 31.3 Å². The fraction of sp³-hybridized carbons (Fsp3) is 0.969. The van der Waals surface area contributed by atoms with Gasteiger partial charge >= 0.3 is 5.97 Å². The number of nitrogens with zero attached hydrogens (tertiary/aromatic N) is 2. The third kappa shape index (κ3) is 4.73. The minimum absolute atomic E-state index is 0. The number of hydrogen-bond acceptors (Lipinski definition) is 4. The lowest BCUT2D eigenvalue weighted by Crippen LogP contribution is -3.00. The van der Waals surface area contributed by atoms with Crippen LogP contribution < -0.4 is 17.0 Å². The summed E-state index contributed by atoms with van der Waals surface area (Å²) in [5.74, 6) is 2.76. The second-order valence-electron chi connectivity index (χ2n) is 15.2. The van der Waals surface area contributed by atoms with E-state index in [4.69, 9.17) is 4.74 Å². The second kappa shape index (κ2) is 10.9. The highest BCUT2D eigenvalue weighted by molar-refractivity contribution is 5.66. The predicted molar refractivity (Wildman–Crippen MR) is 147 cm³/mol. The van der Waals surface area contributed by atoms with Crippen molar-refractivity contribution in [3.05, 3.63) is 0 Å². The molecule has 0 unspecified atom stereocenters. The number of esters is 1. The zero-order chi connectivity index (χ0) is 26.0. The molecule has 0 spiro atoms. The maximum atomic E-state index is 12.4. The van der Waals surface area contributed by atoms with Crippen molar-refractivity contribution >= 4 is 5.97 Å². The predicted octanol–water partition coefficient (Wildman–Crippen LogP) is 2.40. The number of fused-ring (bicyclic) bond motifs is 5. The third-order valence-corrected chi connectivity index (χ3v) is 13.4. The Morgan fingerprint density at radius 2 is 1.61 bits per heavy atom. The van der Waals surface area contributed by atoms with Crippen LogP contribution in [0.2, 0.25) is 0 Å². The smallest absolute Gasteiger partial charge is 0.303 e. The van der Waals surface area contributed by atoms with E-state index in [9.17, 15) is 9.90 Å². The Morgan fingerprint density at radius 1 is 0.921 bits per heavy atom. The van der Waals surface area contributed by atoms with Crippen molar-refractivity contribution in [3.63, 3.8) is 0 Å². The van der Waals surface area contributed by atoms with Crippen LogP contribution in [0.25, 0.3) is 0 Å². The summed E-state index contributed by atoms with van der Waals surface area (Å²) in [5, 5.41) is 11.3. The molecule has 0 radical (unpaired) electrons. The van der Waals surface area contributed by atoms with E-state index in [1.807, 2.05) is 0 Å². The quantitative estimate of drug-likeness (QED) is 0.403. The number of likely N-dealkylation sites (N-methyl/N-ethyl adjacent to an activating group) is 1. The van der Waals surface area contributed by atoms with Gasteiger partial charge in [0.05, 0.1) is 26.2 Å². The standard InChI is InChI=1S/C32H55N2O3.BrH/c1-22(35)37-30-28(34(4)17-9-6-10-18-34)20-26-24-12-11-23-19-29(36)27(33-15-7-5-8-16-33)21-32(23,3)25(24)13-14-31(26,30)2;/h23-30,36H,5-21H2,1-4H3;1H/q+1;/p-1/t23-,24+,25-,26-,27-,28-,29-,30+,31-,32-;/m0./s1. The maximum Gasteiger partial charge on any atom is 0.303 e. The van der Waals surface area contributed by atoms with Crippen molar-refractivity contribution in [1.29, 1.82) is 0 Å². The first-order valence-electron chi connectivity index (χ1n) is 16.1. The molecule has 0 amide bonds. The number of halogens is 1. The highest BCUT2D eigenvalue weighted by atomic mass is 79.9. The van der Waals surface area contributed by atoms with Crippen molar-refractivity contribution in [1.82, 2.24) is 4.90 Å². The molecule has 38 heavy (non-hydrogen) atoms. The summed E-state index contributed by atoms with van der Waals surface area (Å²) in [6.45, 7) is 11.6. The monoisotopic (exact) mass is 594 g/mol. The van der Waals surface area contributed by atoms with Crippen LogP contribution in [0.1, 0.15) is 104 Å². The van der Waals surface area contributed by atoms with E-state index >= 15 is 0 Å². The van der Waals surface area contributed by atoms with Crippen molar-refractivity contribution in [3.8, 4) is 0 Å². The fourth-order valence-electron chi connectivity index (χ4n) is 11.4. The van der Waals surface area contributed by atoms with Crippen LogP contribution in [0, 0.1) is 34.5 Å². The molecule has 2 saturated heterocycles. The Bertz CT molecular complexity index is 858. The van der Waals surface area contributed by atoms with Crippen molar-refractivity contribution in [2.75, 3.05) is 33.2 Å². The summed E-state index contributed by atoms with van der Waals surface area (Å²) in [5.41, 5.74) is 0.448. The molecule has 0 bridgehead atoms. The summed E-state index contributed by atoms with van der Waals surface area (Å²) in [4.78, 5) is 15.1. The average molecular weight is 596 g/mol. The molecule has 218 valence electrons. The molecule has 0 aromatic rings. The van der Waals surface area contributed by atoms with Gasteiger partial charge in [-0.3, -0.25) is 9.69 Å². The van der Waals surface area contributed by atoms with Crippen LogP contribution in [0.15, 0.2) is 0 Å². The lowest BCUT2D eigenvalue weighted by Gasteiger charge is -2.62. The number of carbonyl (C=O) groups is 1. The number of piperidine rings is 2. The van der Waals surface area contributed by atoms with Gasteiger partial charge in [-0.2, -0.15) is 0 Å². The molecule has 4 saturated carbocycles. The fourth-order valence-corrected chi connectivity index (χ4v) is 11.4. The first kappa shape index (κ1) is 29.3. The molecule has 6 aliphatic rings. The number of likely N-dealkylation sites (tertiary alicyclic amines) is 2. The van der Waals surface area contributed by atoms with E-state index in [-0.39, 0.29) is 40.6 Å². The molecule has 6 heteroatoms. The number of ether oxygens (including phenoxy) is 1. The van der Waals surface area contributed by atoms with E-state index in [0.29, 0.717) is 29.3 Å². The lowest BCUT2D eigenvalue weighted by molar-refractivity contribution is -0.940. The Morgan fingerprint density at radius 3 is 2.29 bits per heavy atom. The Hall–Kier alpha value is -0.170. The Labute approximate surface area is 242 Å². The number of rotatable bonds is 3.